The van der Waals surface area contributed by atoms with Gasteiger partial charge in [0.1, 0.15) is 5.60 Å². The van der Waals surface area contributed by atoms with Crippen LogP contribution in [0.3, 0.4) is 0 Å². The second-order valence-corrected chi connectivity index (χ2v) is 6.96. The van der Waals surface area contributed by atoms with Gasteiger partial charge < -0.3 is 9.64 Å². The van der Waals surface area contributed by atoms with E-state index in [-0.39, 0.29) is 12.4 Å². The quantitative estimate of drug-likeness (QED) is 0.796. The van der Waals surface area contributed by atoms with Gasteiger partial charge in [-0.3, -0.25) is 4.79 Å². The number of carbonyl (C=O) groups is 1. The zero-order chi connectivity index (χ0) is 17.0. The zero-order valence-corrected chi connectivity index (χ0v) is 14.5. The van der Waals surface area contributed by atoms with Crippen LogP contribution in [0.15, 0.2) is 36.7 Å². The van der Waals surface area contributed by atoms with Crippen LogP contribution in [-0.2, 0) is 22.5 Å². The van der Waals surface area contributed by atoms with Crippen LogP contribution in [0, 0.1) is 0 Å². The maximum absolute atomic E-state index is 11.9. The minimum Gasteiger partial charge on any atom is -0.460 e. The summed E-state index contributed by atoms with van der Waals surface area (Å²) in [5.74, 6) is -0.238. The summed E-state index contributed by atoms with van der Waals surface area (Å²) in [6, 6.07) is 8.21. The van der Waals surface area contributed by atoms with Crippen molar-refractivity contribution in [1.29, 1.82) is 0 Å². The Balaban J connectivity index is 2.08. The van der Waals surface area contributed by atoms with Crippen LogP contribution in [0.5, 0.6) is 0 Å². The van der Waals surface area contributed by atoms with E-state index in [4.69, 9.17) is 4.74 Å². The Morgan fingerprint density at radius 1 is 1.26 bits per heavy atom. The van der Waals surface area contributed by atoms with E-state index in [0.717, 1.165) is 17.8 Å². The van der Waals surface area contributed by atoms with Crippen molar-refractivity contribution in [3.05, 3.63) is 47.8 Å². The average molecular weight is 315 g/mol. The van der Waals surface area contributed by atoms with E-state index in [9.17, 15) is 4.79 Å². The second-order valence-electron chi connectivity index (χ2n) is 6.96. The molecule has 124 valence electrons. The molecule has 0 saturated carbocycles. The molecule has 0 amide bonds. The lowest BCUT2D eigenvalue weighted by Crippen LogP contribution is -2.24. The van der Waals surface area contributed by atoms with Crippen LogP contribution in [0.4, 0.5) is 0 Å². The fourth-order valence-electron chi connectivity index (χ4n) is 2.30. The standard InChI is InChI=1S/C18H25N3O2/c1-18(2,3)23-17(22)10-15-11-19-21(13-15)16-8-6-7-14(9-16)12-20(4)5/h6-9,11,13H,10,12H2,1-5H3. The van der Waals surface area contributed by atoms with Crippen molar-refractivity contribution < 1.29 is 9.53 Å². The summed E-state index contributed by atoms with van der Waals surface area (Å²) in [5.41, 5.74) is 2.59. The maximum atomic E-state index is 11.9. The van der Waals surface area contributed by atoms with Gasteiger partial charge in [0, 0.05) is 18.3 Å². The van der Waals surface area contributed by atoms with Gasteiger partial charge in [-0.25, -0.2) is 4.68 Å². The Morgan fingerprint density at radius 3 is 2.65 bits per heavy atom. The van der Waals surface area contributed by atoms with Crippen LogP contribution in [0.2, 0.25) is 0 Å². The van der Waals surface area contributed by atoms with Crippen LogP contribution >= 0.6 is 0 Å². The molecule has 1 heterocycles. The van der Waals surface area contributed by atoms with Crippen LogP contribution in [0.25, 0.3) is 5.69 Å². The van der Waals surface area contributed by atoms with Gasteiger partial charge in [-0.2, -0.15) is 5.10 Å². The molecule has 0 bridgehead atoms. The molecule has 0 aliphatic rings. The summed E-state index contributed by atoms with van der Waals surface area (Å²) in [6.07, 6.45) is 3.82. The Labute approximate surface area is 137 Å². The molecule has 0 spiro atoms. The first-order valence-electron chi connectivity index (χ1n) is 7.72. The molecule has 0 atom stereocenters. The highest BCUT2D eigenvalue weighted by molar-refractivity contribution is 5.72. The third-order valence-corrected chi connectivity index (χ3v) is 3.08. The fourth-order valence-corrected chi connectivity index (χ4v) is 2.30. The van der Waals surface area contributed by atoms with Crippen molar-refractivity contribution in [3.63, 3.8) is 0 Å². The topological polar surface area (TPSA) is 47.4 Å². The summed E-state index contributed by atoms with van der Waals surface area (Å²) in [4.78, 5) is 14.0. The number of aromatic nitrogens is 2. The molecular weight excluding hydrogens is 290 g/mol. The first-order valence-corrected chi connectivity index (χ1v) is 7.72. The highest BCUT2D eigenvalue weighted by Gasteiger charge is 2.17. The van der Waals surface area contributed by atoms with Crippen LogP contribution in [0.1, 0.15) is 31.9 Å². The molecule has 5 heteroatoms. The van der Waals surface area contributed by atoms with Crippen molar-refractivity contribution >= 4 is 5.97 Å². The molecule has 0 radical (unpaired) electrons. The van der Waals surface area contributed by atoms with E-state index in [2.05, 4.69) is 22.1 Å². The SMILES string of the molecule is CN(C)Cc1cccc(-n2cc(CC(=O)OC(C)(C)C)cn2)c1. The largest absolute Gasteiger partial charge is 0.460 e. The van der Waals surface area contributed by atoms with E-state index in [1.807, 2.05) is 53.2 Å². The average Bonchev–Trinajstić information content (AvgIpc) is 2.84. The summed E-state index contributed by atoms with van der Waals surface area (Å²) in [5, 5.41) is 4.35. The van der Waals surface area contributed by atoms with E-state index >= 15 is 0 Å². The molecule has 2 aromatic rings. The number of hydrogen-bond donors (Lipinski definition) is 0. The van der Waals surface area contributed by atoms with Crippen LogP contribution in [-0.4, -0.2) is 40.3 Å². The molecule has 0 fully saturated rings. The summed E-state index contributed by atoms with van der Waals surface area (Å²) >= 11 is 0. The maximum Gasteiger partial charge on any atom is 0.310 e. The van der Waals surface area contributed by atoms with E-state index in [1.54, 1.807) is 10.9 Å². The minimum atomic E-state index is -0.465. The van der Waals surface area contributed by atoms with Gasteiger partial charge in [0.05, 0.1) is 18.3 Å². The predicted octanol–water partition coefficient (Wildman–Crippen LogP) is 2.82. The molecule has 1 aromatic heterocycles. The summed E-state index contributed by atoms with van der Waals surface area (Å²) in [7, 11) is 4.08. The lowest BCUT2D eigenvalue weighted by Gasteiger charge is -2.19. The first-order chi connectivity index (χ1) is 10.7. The summed E-state index contributed by atoms with van der Waals surface area (Å²) < 4.78 is 7.13. The zero-order valence-electron chi connectivity index (χ0n) is 14.5. The number of hydrogen-bond acceptors (Lipinski definition) is 4. The number of esters is 1. The molecule has 0 aliphatic heterocycles. The number of benzene rings is 1. The number of carbonyl (C=O) groups excluding carboxylic acids is 1. The Morgan fingerprint density at radius 2 is 2.00 bits per heavy atom. The van der Waals surface area contributed by atoms with E-state index < -0.39 is 5.60 Å². The van der Waals surface area contributed by atoms with Crippen molar-refractivity contribution in [2.75, 3.05) is 14.1 Å². The van der Waals surface area contributed by atoms with Gasteiger partial charge in [0.25, 0.3) is 0 Å². The van der Waals surface area contributed by atoms with Crippen molar-refractivity contribution in [3.8, 4) is 5.69 Å². The molecule has 0 N–H and O–H groups in total. The summed E-state index contributed by atoms with van der Waals surface area (Å²) in [6.45, 7) is 6.47. The molecule has 1 aromatic carbocycles. The van der Waals surface area contributed by atoms with Gasteiger partial charge in [-0.15, -0.1) is 0 Å². The van der Waals surface area contributed by atoms with Crippen molar-refractivity contribution in [1.82, 2.24) is 14.7 Å². The first kappa shape index (κ1) is 17.2. The molecule has 0 unspecified atom stereocenters. The van der Waals surface area contributed by atoms with Gasteiger partial charge in [-0.1, -0.05) is 12.1 Å². The smallest absolute Gasteiger partial charge is 0.310 e. The highest BCUT2D eigenvalue weighted by Crippen LogP contribution is 2.14. The van der Waals surface area contributed by atoms with Crippen LogP contribution < -0.4 is 0 Å². The third-order valence-electron chi connectivity index (χ3n) is 3.08. The molecule has 5 nitrogen and oxygen atoms in total. The minimum absolute atomic E-state index is 0.231. The van der Waals surface area contributed by atoms with Gasteiger partial charge in [0.15, 0.2) is 0 Å². The Hall–Kier alpha value is -2.14. The predicted molar refractivity (Wildman–Crippen MR) is 90.5 cm³/mol. The van der Waals surface area contributed by atoms with E-state index in [1.165, 1.54) is 5.56 Å². The van der Waals surface area contributed by atoms with Gasteiger partial charge >= 0.3 is 5.97 Å². The number of rotatable bonds is 5. The Kier molecular flexibility index (Phi) is 5.21. The van der Waals surface area contributed by atoms with Gasteiger partial charge in [0.2, 0.25) is 0 Å². The van der Waals surface area contributed by atoms with Crippen molar-refractivity contribution in [2.45, 2.75) is 39.3 Å². The molecule has 2 rings (SSSR count). The molecule has 0 saturated heterocycles. The molecular formula is C18H25N3O2. The third kappa shape index (κ3) is 5.53. The highest BCUT2D eigenvalue weighted by atomic mass is 16.6. The van der Waals surface area contributed by atoms with E-state index in [0.29, 0.717) is 0 Å². The van der Waals surface area contributed by atoms with Gasteiger partial charge in [-0.05, 0) is 52.6 Å². The molecule has 23 heavy (non-hydrogen) atoms. The fraction of sp³-hybridized carbons (Fsp3) is 0.444. The normalized spacial score (nSPS) is 11.7. The lowest BCUT2D eigenvalue weighted by molar-refractivity contribution is -0.153. The number of nitrogens with zero attached hydrogens (tertiary/aromatic N) is 3. The Bertz CT molecular complexity index is 669. The number of ether oxygens (including phenoxy) is 1. The van der Waals surface area contributed by atoms with Crippen molar-refractivity contribution in [2.24, 2.45) is 0 Å². The second kappa shape index (κ2) is 6.96. The monoisotopic (exact) mass is 315 g/mol. The lowest BCUT2D eigenvalue weighted by atomic mass is 10.2. The molecule has 0 aliphatic carbocycles.